The molecule has 0 aromatic heterocycles. The Labute approximate surface area is 153 Å². The smallest absolute Gasteiger partial charge is 0.337 e. The highest BCUT2D eigenvalue weighted by molar-refractivity contribution is 8.18. The van der Waals surface area contributed by atoms with Gasteiger partial charge in [-0.05, 0) is 47.7 Å². The molecule has 1 N–H and O–H groups in total. The number of para-hydroxylation sites is 1. The first-order chi connectivity index (χ1) is 12.0. The number of carboxylic acids is 1. The average molecular weight is 373 g/mol. The number of aliphatic imine (C=N–C) groups is 1. The summed E-state index contributed by atoms with van der Waals surface area (Å²) < 4.78 is 0. The van der Waals surface area contributed by atoms with E-state index in [9.17, 15) is 14.7 Å². The maximum atomic E-state index is 12.2. The van der Waals surface area contributed by atoms with Gasteiger partial charge in [-0.2, -0.15) is 4.99 Å². The van der Waals surface area contributed by atoms with E-state index in [1.165, 1.54) is 17.8 Å². The second-order valence-electron chi connectivity index (χ2n) is 5.24. The van der Waals surface area contributed by atoms with E-state index in [-0.39, 0.29) is 11.5 Å². The molecule has 25 heavy (non-hydrogen) atoms. The molecule has 0 atom stereocenters. The molecule has 0 spiro atoms. The van der Waals surface area contributed by atoms with E-state index in [4.69, 9.17) is 11.6 Å². The lowest BCUT2D eigenvalue weighted by Gasteiger charge is -2.19. The van der Waals surface area contributed by atoms with Crippen LogP contribution in [0.3, 0.4) is 0 Å². The van der Waals surface area contributed by atoms with E-state index in [2.05, 4.69) is 4.99 Å². The number of nitrogens with zero attached hydrogens (tertiary/aromatic N) is 2. The molecule has 1 aliphatic rings. The zero-order valence-corrected chi connectivity index (χ0v) is 14.7. The van der Waals surface area contributed by atoms with Gasteiger partial charge in [-0.3, -0.25) is 4.79 Å². The second-order valence-corrected chi connectivity index (χ2v) is 6.69. The topological polar surface area (TPSA) is 70.0 Å². The summed E-state index contributed by atoms with van der Waals surface area (Å²) in [5, 5.41) is 10.4. The number of hydrogen-bond donors (Lipinski definition) is 1. The Morgan fingerprint density at radius 3 is 2.56 bits per heavy atom. The van der Waals surface area contributed by atoms with Gasteiger partial charge in [-0.15, -0.1) is 0 Å². The molecule has 0 radical (unpaired) electrons. The maximum Gasteiger partial charge on any atom is 0.337 e. The fourth-order valence-corrected chi connectivity index (χ4v) is 3.32. The largest absolute Gasteiger partial charge is 0.478 e. The van der Waals surface area contributed by atoms with E-state index < -0.39 is 5.97 Å². The fourth-order valence-electron chi connectivity index (χ4n) is 2.30. The van der Waals surface area contributed by atoms with Crippen LogP contribution in [0.15, 0.2) is 58.4 Å². The van der Waals surface area contributed by atoms with Gasteiger partial charge in [0.05, 0.1) is 16.2 Å². The predicted octanol–water partition coefficient (Wildman–Crippen LogP) is 4.14. The van der Waals surface area contributed by atoms with Crippen LogP contribution in [0, 0.1) is 0 Å². The third-order valence-corrected chi connectivity index (χ3v) is 4.87. The third-order valence-electron chi connectivity index (χ3n) is 3.56. The molecular weight excluding hydrogens is 360 g/mol. The number of anilines is 1. The first-order valence-corrected chi connectivity index (χ1v) is 8.49. The molecule has 5 nitrogen and oxygen atoms in total. The lowest BCUT2D eigenvalue weighted by molar-refractivity contribution is -0.113. The molecule has 126 valence electrons. The first kappa shape index (κ1) is 17.3. The van der Waals surface area contributed by atoms with Crippen LogP contribution in [-0.4, -0.2) is 29.2 Å². The third kappa shape index (κ3) is 3.75. The number of halogens is 1. The highest BCUT2D eigenvalue weighted by Crippen LogP contribution is 2.33. The van der Waals surface area contributed by atoms with Gasteiger partial charge in [-0.1, -0.05) is 35.9 Å². The summed E-state index contributed by atoms with van der Waals surface area (Å²) in [7, 11) is 1.69. The number of benzene rings is 2. The number of amides is 1. The lowest BCUT2D eigenvalue weighted by atomic mass is 10.1. The van der Waals surface area contributed by atoms with Gasteiger partial charge >= 0.3 is 5.97 Å². The Hall–Kier alpha value is -2.57. The number of hydrogen-bond acceptors (Lipinski definition) is 4. The minimum Gasteiger partial charge on any atom is -0.478 e. The van der Waals surface area contributed by atoms with Crippen LogP contribution < -0.4 is 4.90 Å². The minimum atomic E-state index is -1.03. The predicted molar refractivity (Wildman–Crippen MR) is 101 cm³/mol. The van der Waals surface area contributed by atoms with Crippen LogP contribution in [0.25, 0.3) is 6.08 Å². The molecule has 0 aliphatic carbocycles. The van der Waals surface area contributed by atoms with Gasteiger partial charge in [-0.25, -0.2) is 4.79 Å². The van der Waals surface area contributed by atoms with Crippen LogP contribution in [0.4, 0.5) is 5.69 Å². The fraction of sp³-hybridized carbons (Fsp3) is 0.0556. The highest BCUT2D eigenvalue weighted by atomic mass is 35.5. The summed E-state index contributed by atoms with van der Waals surface area (Å²) in [6.45, 7) is 0. The van der Waals surface area contributed by atoms with Crippen molar-refractivity contribution in [3.63, 3.8) is 0 Å². The van der Waals surface area contributed by atoms with Gasteiger partial charge in [0.15, 0.2) is 5.17 Å². The number of carbonyl (C=O) groups excluding carboxylic acids is 1. The van der Waals surface area contributed by atoms with Crippen LogP contribution >= 0.6 is 23.4 Å². The van der Waals surface area contributed by atoms with Crippen molar-refractivity contribution in [2.45, 2.75) is 0 Å². The second kappa shape index (κ2) is 7.13. The summed E-state index contributed by atoms with van der Waals surface area (Å²) in [6, 6.07) is 13.7. The van der Waals surface area contributed by atoms with Crippen LogP contribution in [-0.2, 0) is 4.79 Å². The molecule has 2 aromatic rings. The molecule has 0 saturated heterocycles. The number of amidine groups is 1. The molecule has 1 amide bonds. The number of rotatable bonds is 3. The van der Waals surface area contributed by atoms with Crippen molar-refractivity contribution < 1.29 is 14.7 Å². The van der Waals surface area contributed by atoms with Crippen LogP contribution in [0.5, 0.6) is 0 Å². The zero-order valence-electron chi connectivity index (χ0n) is 13.1. The molecule has 2 aromatic carbocycles. The Morgan fingerprint density at radius 2 is 1.88 bits per heavy atom. The van der Waals surface area contributed by atoms with E-state index in [0.29, 0.717) is 20.8 Å². The van der Waals surface area contributed by atoms with Crippen molar-refractivity contribution in [3.05, 3.63) is 69.6 Å². The molecule has 0 saturated carbocycles. The molecule has 1 aliphatic heterocycles. The number of carboxylic acid groups (broad SMARTS) is 1. The summed E-state index contributed by atoms with van der Waals surface area (Å²) in [5.74, 6) is -1.39. The monoisotopic (exact) mass is 372 g/mol. The van der Waals surface area contributed by atoms with Crippen molar-refractivity contribution in [3.8, 4) is 0 Å². The molecule has 0 fully saturated rings. The van der Waals surface area contributed by atoms with E-state index in [1.54, 1.807) is 48.4 Å². The molecule has 0 bridgehead atoms. The average Bonchev–Trinajstić information content (AvgIpc) is 2.97. The summed E-state index contributed by atoms with van der Waals surface area (Å²) in [5.41, 5.74) is 1.46. The quantitative estimate of drug-likeness (QED) is 0.820. The SMILES string of the molecule is CN(C1=NC(=O)/C(=C/c2ccc(Cl)cc2)S1)c1ccccc1C(=O)O. The van der Waals surface area contributed by atoms with E-state index in [0.717, 1.165) is 5.56 Å². The van der Waals surface area contributed by atoms with Gasteiger partial charge in [0.2, 0.25) is 0 Å². The van der Waals surface area contributed by atoms with Gasteiger partial charge in [0.25, 0.3) is 5.91 Å². The van der Waals surface area contributed by atoms with Crippen molar-refractivity contribution in [2.24, 2.45) is 4.99 Å². The molecule has 0 unspecified atom stereocenters. The van der Waals surface area contributed by atoms with Gasteiger partial charge in [0.1, 0.15) is 0 Å². The zero-order chi connectivity index (χ0) is 18.0. The van der Waals surface area contributed by atoms with Crippen molar-refractivity contribution >= 4 is 52.2 Å². The summed E-state index contributed by atoms with van der Waals surface area (Å²) >= 11 is 7.06. The molecular formula is C18H13ClN2O3S. The van der Waals surface area contributed by atoms with Crippen molar-refractivity contribution in [1.29, 1.82) is 0 Å². The van der Waals surface area contributed by atoms with Gasteiger partial charge in [0, 0.05) is 12.1 Å². The normalized spacial score (nSPS) is 15.4. The van der Waals surface area contributed by atoms with Crippen LogP contribution in [0.2, 0.25) is 5.02 Å². The highest BCUT2D eigenvalue weighted by Gasteiger charge is 2.26. The number of aromatic carboxylic acids is 1. The summed E-state index contributed by atoms with van der Waals surface area (Å²) in [4.78, 5) is 29.7. The lowest BCUT2D eigenvalue weighted by Crippen LogP contribution is -2.24. The Morgan fingerprint density at radius 1 is 1.20 bits per heavy atom. The van der Waals surface area contributed by atoms with Crippen molar-refractivity contribution in [2.75, 3.05) is 11.9 Å². The standard InChI is InChI=1S/C18H13ClN2O3S/c1-21(14-5-3-2-4-13(14)17(23)24)18-20-16(22)15(25-18)10-11-6-8-12(19)9-7-11/h2-10H,1H3,(H,23,24)/b15-10-. The number of carbonyl (C=O) groups is 2. The summed E-state index contributed by atoms with van der Waals surface area (Å²) in [6.07, 6.45) is 1.73. The molecule has 3 rings (SSSR count). The van der Waals surface area contributed by atoms with Gasteiger partial charge < -0.3 is 10.0 Å². The Kier molecular flexibility index (Phi) is 4.92. The molecule has 7 heteroatoms. The Balaban J connectivity index is 1.86. The van der Waals surface area contributed by atoms with E-state index >= 15 is 0 Å². The maximum absolute atomic E-state index is 12.2. The van der Waals surface area contributed by atoms with E-state index in [1.807, 2.05) is 12.1 Å². The minimum absolute atomic E-state index is 0.149. The number of thioether (sulfide) groups is 1. The first-order valence-electron chi connectivity index (χ1n) is 7.30. The van der Waals surface area contributed by atoms with Crippen molar-refractivity contribution in [1.82, 2.24) is 0 Å². The molecule has 1 heterocycles. The Bertz CT molecular complexity index is 907. The van der Waals surface area contributed by atoms with Crippen LogP contribution in [0.1, 0.15) is 15.9 Å².